The van der Waals surface area contributed by atoms with Crippen LogP contribution >= 0.6 is 0 Å². The summed E-state index contributed by atoms with van der Waals surface area (Å²) in [6.45, 7) is 3.97. The Labute approximate surface area is 59.9 Å². The van der Waals surface area contributed by atoms with Crippen LogP contribution in [-0.4, -0.2) is 0 Å². The van der Waals surface area contributed by atoms with Gasteiger partial charge in [-0.1, -0.05) is 26.0 Å². The summed E-state index contributed by atoms with van der Waals surface area (Å²) in [6.07, 6.45) is 1.52. The summed E-state index contributed by atoms with van der Waals surface area (Å²) in [5.41, 5.74) is 0.694. The average molecular weight is 403 g/mol. The summed E-state index contributed by atoms with van der Waals surface area (Å²) in [5, 5.41) is 0. The second-order valence-corrected chi connectivity index (χ2v) is 2.55. The van der Waals surface area contributed by atoms with Crippen molar-refractivity contribution in [2.45, 2.75) is 19.8 Å². The van der Waals surface area contributed by atoms with Gasteiger partial charge in [-0.15, -0.1) is 0 Å². The van der Waals surface area contributed by atoms with Gasteiger partial charge >= 0.3 is 0 Å². The van der Waals surface area contributed by atoms with Crippen molar-refractivity contribution in [1.29, 1.82) is 0 Å². The smallest absolute Gasteiger partial charge is 0.0810 e. The van der Waals surface area contributed by atoms with Crippen molar-refractivity contribution in [1.82, 2.24) is 4.98 Å². The Morgan fingerprint density at radius 2 is 2.09 bits per heavy atom. The van der Waals surface area contributed by atoms with E-state index in [1.807, 2.05) is 19.9 Å². The van der Waals surface area contributed by atoms with Crippen molar-refractivity contribution in [3.63, 3.8) is 0 Å². The van der Waals surface area contributed by atoms with Gasteiger partial charge in [-0.05, 0) is 11.5 Å². The Morgan fingerprint density at radius 3 is 2.45 bits per heavy atom. The third-order valence-corrected chi connectivity index (χ3v) is 1.42. The second kappa shape index (κ2) is 3.20. The number of hydrogen-bond acceptors (Lipinski definition) is 1. The maximum Gasteiger partial charge on any atom is 0.0810 e. The molecule has 0 atom stereocenters. The molecule has 56 valence electrons. The molecule has 1 aromatic heterocycles. The fraction of sp³-hybridized carbons (Fsp3) is 0.375. The monoisotopic (exact) mass is 403 g/mol. The maximum absolute atomic E-state index is 10.9. The van der Waals surface area contributed by atoms with Crippen LogP contribution in [-0.2, 0) is 0 Å². The molecule has 11 heavy (non-hydrogen) atoms. The van der Waals surface area contributed by atoms with E-state index in [0.29, 0.717) is 0 Å². The van der Waals surface area contributed by atoms with Gasteiger partial charge in [-0.2, -0.15) is 6.20 Å². The normalized spacial score (nSPS) is 9.36. The molecule has 0 unspecified atom stereocenters. The zero-order valence-electron chi connectivity index (χ0n) is 6.87. The Kier molecular flexibility index (Phi) is 2.61. The number of hydrogen-bond donors (Lipinski definition) is 0. The molecule has 0 amide bonds. The van der Waals surface area contributed by atoms with Crippen molar-refractivity contribution in [3.05, 3.63) is 34.2 Å². The molecule has 0 spiro atoms. The van der Waals surface area contributed by atoms with Gasteiger partial charge in [0.2, 0.25) is 0 Å². The van der Waals surface area contributed by atoms with Crippen LogP contribution in [0.2, 0.25) is 0 Å². The Morgan fingerprint density at radius 1 is 1.45 bits per heavy atom. The molecule has 0 aliphatic rings. The quantitative estimate of drug-likeness (QED) is 0.704. The fourth-order valence-electron chi connectivity index (χ4n) is 0.843. The standard InChI is InChI=1S/C8H11NO.Rf/c1-6(2)7-4-3-5-9-8(7)10;/h3-6H,1-2H3,(H,9,10);/p-1. The van der Waals surface area contributed by atoms with Crippen LogP contribution in [0.1, 0.15) is 25.3 Å². The molecule has 0 bridgehead atoms. The molecule has 1 rings (SSSR count). The van der Waals surface area contributed by atoms with Crippen LogP contribution < -0.4 is 10.5 Å². The molecule has 0 fully saturated rings. The van der Waals surface area contributed by atoms with Gasteiger partial charge in [0, 0.05) is 0 Å². The van der Waals surface area contributed by atoms with Gasteiger partial charge in [0.05, 0.1) is 5.56 Å². The minimum absolute atomic E-state index is 0. The van der Waals surface area contributed by atoms with Crippen molar-refractivity contribution < 1.29 is 0 Å². The van der Waals surface area contributed by atoms with Crippen LogP contribution in [0.4, 0.5) is 0 Å². The molecule has 1 heterocycles. The molecule has 0 aromatic carbocycles. The Hall–Kier alpha value is -2.05. The van der Waals surface area contributed by atoms with Crippen LogP contribution in [0.15, 0.2) is 23.1 Å². The van der Waals surface area contributed by atoms with E-state index in [4.69, 9.17) is 0 Å². The van der Waals surface area contributed by atoms with Gasteiger partial charge in [0.1, 0.15) is 0 Å². The minimum Gasteiger partial charge on any atom is -0.629 e. The van der Waals surface area contributed by atoms with Gasteiger partial charge in [0.25, 0.3) is 0 Å². The first-order chi connectivity index (χ1) is 4.72. The van der Waals surface area contributed by atoms with Crippen molar-refractivity contribution >= 4 is 0 Å². The largest absolute Gasteiger partial charge is 0.629 e. The molecule has 3 heteroatoms. The molecular formula is C8H10NORf-. The fourth-order valence-corrected chi connectivity index (χ4v) is 0.843. The third kappa shape index (κ3) is 1.68. The first kappa shape index (κ1) is 8.95. The summed E-state index contributed by atoms with van der Waals surface area (Å²) >= 11 is 0. The van der Waals surface area contributed by atoms with Crippen molar-refractivity contribution in [2.24, 2.45) is 0 Å². The molecule has 0 radical (unpaired) electrons. The topological polar surface area (TPSA) is 31.2 Å². The summed E-state index contributed by atoms with van der Waals surface area (Å²) in [7, 11) is 0. The van der Waals surface area contributed by atoms with Gasteiger partial charge < -0.3 is 9.78 Å². The average Bonchev–Trinajstić information content (AvgIpc) is 1.88. The van der Waals surface area contributed by atoms with E-state index in [1.165, 1.54) is 6.20 Å². The molecule has 0 N–H and O–H groups in total. The third-order valence-electron chi connectivity index (χ3n) is 1.42. The zero-order chi connectivity index (χ0) is 7.56. The van der Waals surface area contributed by atoms with Crippen LogP contribution in [0.25, 0.3) is 0 Å². The SMILES string of the molecule is CC(C)c1ccc[n-]c1=O.[Rf]. The van der Waals surface area contributed by atoms with Crippen LogP contribution in [0.3, 0.4) is 0 Å². The van der Waals surface area contributed by atoms with E-state index in [2.05, 4.69) is 4.98 Å². The van der Waals surface area contributed by atoms with Gasteiger partial charge in [-0.25, -0.2) is 0 Å². The van der Waals surface area contributed by atoms with Crippen molar-refractivity contribution in [2.75, 3.05) is 0 Å². The summed E-state index contributed by atoms with van der Waals surface area (Å²) in [6, 6.07) is 3.61. The number of pyridine rings is 1. The first-order valence-corrected chi connectivity index (χ1v) is 3.33. The maximum atomic E-state index is 10.9. The van der Waals surface area contributed by atoms with E-state index in [0.717, 1.165) is 5.56 Å². The Balaban J connectivity index is 0.000001000. The predicted molar refractivity (Wildman–Crippen MR) is 40.1 cm³/mol. The van der Waals surface area contributed by atoms with Gasteiger partial charge in [0.15, 0.2) is 0 Å². The Bertz CT molecular complexity index is 267. The molecule has 0 saturated carbocycles. The zero-order valence-corrected chi connectivity index (χ0v) is 13.3. The molecule has 0 saturated heterocycles. The number of aromatic nitrogens is 1. The minimum atomic E-state index is -0.0995. The number of rotatable bonds is 1. The number of nitrogens with zero attached hydrogens (tertiary/aromatic N) is 1. The van der Waals surface area contributed by atoms with E-state index in [9.17, 15) is 4.79 Å². The molecule has 0 aliphatic heterocycles. The van der Waals surface area contributed by atoms with E-state index >= 15 is 0 Å². The molecule has 1 aromatic rings. The molecule has 0 aliphatic carbocycles. The summed E-state index contributed by atoms with van der Waals surface area (Å²) < 4.78 is 0. The summed E-state index contributed by atoms with van der Waals surface area (Å²) in [4.78, 5) is 14.6. The van der Waals surface area contributed by atoms with E-state index in [-0.39, 0.29) is 11.5 Å². The predicted octanol–water partition coefficient (Wildman–Crippen LogP) is 1.13. The van der Waals surface area contributed by atoms with Gasteiger partial charge in [-0.3, -0.25) is 0 Å². The van der Waals surface area contributed by atoms with E-state index in [1.54, 1.807) is 6.07 Å². The van der Waals surface area contributed by atoms with E-state index < -0.39 is 0 Å². The van der Waals surface area contributed by atoms with Crippen LogP contribution in [0.5, 0.6) is 0 Å². The molecule has 2 nitrogen and oxygen atoms in total. The molecular weight excluding hydrogens is 393 g/mol. The summed E-state index contributed by atoms with van der Waals surface area (Å²) in [5.74, 6) is 0.279. The van der Waals surface area contributed by atoms with Crippen LogP contribution in [0, 0.1) is 0 Å². The first-order valence-electron chi connectivity index (χ1n) is 3.33. The van der Waals surface area contributed by atoms with Crippen molar-refractivity contribution in [3.8, 4) is 0 Å². The second-order valence-electron chi connectivity index (χ2n) is 2.55.